The molecule has 0 spiro atoms. The molecule has 4 rings (SSSR count). The molecule has 0 saturated carbocycles. The van der Waals surface area contributed by atoms with Crippen molar-refractivity contribution in [3.63, 3.8) is 0 Å². The van der Waals surface area contributed by atoms with Gasteiger partial charge in [0, 0.05) is 24.3 Å². The zero-order valence-corrected chi connectivity index (χ0v) is 17.0. The fraction of sp³-hybridized carbons (Fsp3) is 0.200. The number of amides is 1. The van der Waals surface area contributed by atoms with Gasteiger partial charge in [0.05, 0.1) is 17.6 Å². The van der Waals surface area contributed by atoms with E-state index in [1.54, 1.807) is 4.90 Å². The van der Waals surface area contributed by atoms with Crippen LogP contribution >= 0.6 is 0 Å². The zero-order chi connectivity index (χ0) is 20.9. The van der Waals surface area contributed by atoms with Crippen LogP contribution in [0, 0.1) is 6.92 Å². The number of hydrogen-bond acceptors (Lipinski definition) is 3. The van der Waals surface area contributed by atoms with E-state index in [-0.39, 0.29) is 12.5 Å². The summed E-state index contributed by atoms with van der Waals surface area (Å²) in [6, 6.07) is 25.8. The van der Waals surface area contributed by atoms with Gasteiger partial charge in [0.25, 0.3) is 5.91 Å². The standard InChI is InChI=1S/C25H25N3O2/c1-19-26-23-18-21(12-13-24(23)28(19)22-10-6-3-7-11-22)25(30)27(16-17-29)15-14-20-8-4-2-5-9-20/h2-13,18,29H,14-17H2,1H3. The predicted octanol–water partition coefficient (Wildman–Crippen LogP) is 4.01. The number of aliphatic hydroxyl groups excluding tert-OH is 1. The summed E-state index contributed by atoms with van der Waals surface area (Å²) in [5.41, 5.74) is 4.55. The number of benzene rings is 3. The Bertz CT molecular complexity index is 1140. The molecule has 4 aromatic rings. The van der Waals surface area contributed by atoms with Crippen molar-refractivity contribution in [1.29, 1.82) is 0 Å². The van der Waals surface area contributed by atoms with Crippen molar-refractivity contribution in [1.82, 2.24) is 14.5 Å². The van der Waals surface area contributed by atoms with Crippen LogP contribution in [0.5, 0.6) is 0 Å². The van der Waals surface area contributed by atoms with Gasteiger partial charge in [-0.2, -0.15) is 0 Å². The molecule has 1 amide bonds. The van der Waals surface area contributed by atoms with Crippen LogP contribution < -0.4 is 0 Å². The number of carbonyl (C=O) groups is 1. The summed E-state index contributed by atoms with van der Waals surface area (Å²) < 4.78 is 2.09. The molecule has 1 N–H and O–H groups in total. The van der Waals surface area contributed by atoms with Crippen LogP contribution in [0.15, 0.2) is 78.9 Å². The summed E-state index contributed by atoms with van der Waals surface area (Å²) in [7, 11) is 0. The second-order valence-electron chi connectivity index (χ2n) is 7.28. The zero-order valence-electron chi connectivity index (χ0n) is 17.0. The van der Waals surface area contributed by atoms with Gasteiger partial charge in [0.2, 0.25) is 0 Å². The molecule has 0 bridgehead atoms. The third kappa shape index (κ3) is 4.11. The van der Waals surface area contributed by atoms with E-state index in [1.807, 2.05) is 85.8 Å². The van der Waals surface area contributed by atoms with Gasteiger partial charge in [0.15, 0.2) is 0 Å². The highest BCUT2D eigenvalue weighted by Gasteiger charge is 2.18. The van der Waals surface area contributed by atoms with E-state index < -0.39 is 0 Å². The number of aromatic nitrogens is 2. The highest BCUT2D eigenvalue weighted by molar-refractivity contribution is 5.97. The smallest absolute Gasteiger partial charge is 0.254 e. The van der Waals surface area contributed by atoms with Crippen molar-refractivity contribution in [3.05, 3.63) is 95.8 Å². The topological polar surface area (TPSA) is 58.4 Å². The number of imidazole rings is 1. The predicted molar refractivity (Wildman–Crippen MR) is 119 cm³/mol. The van der Waals surface area contributed by atoms with E-state index in [9.17, 15) is 9.90 Å². The number of nitrogens with zero attached hydrogens (tertiary/aromatic N) is 3. The Kier molecular flexibility index (Phi) is 5.91. The Morgan fingerprint density at radius 3 is 2.37 bits per heavy atom. The number of para-hydroxylation sites is 1. The van der Waals surface area contributed by atoms with Gasteiger partial charge in [0.1, 0.15) is 5.82 Å². The quantitative estimate of drug-likeness (QED) is 0.511. The van der Waals surface area contributed by atoms with Crippen LogP contribution in [0.4, 0.5) is 0 Å². The molecule has 3 aromatic carbocycles. The fourth-order valence-corrected chi connectivity index (χ4v) is 3.76. The first-order chi connectivity index (χ1) is 14.7. The molecular formula is C25H25N3O2. The van der Waals surface area contributed by atoms with Crippen LogP contribution in [0.25, 0.3) is 16.7 Å². The number of aryl methyl sites for hydroxylation is 1. The minimum absolute atomic E-state index is 0.0650. The average molecular weight is 399 g/mol. The largest absolute Gasteiger partial charge is 0.395 e. The molecule has 152 valence electrons. The fourth-order valence-electron chi connectivity index (χ4n) is 3.76. The highest BCUT2D eigenvalue weighted by atomic mass is 16.3. The Balaban J connectivity index is 1.60. The molecule has 1 aromatic heterocycles. The van der Waals surface area contributed by atoms with Crippen molar-refractivity contribution in [2.24, 2.45) is 0 Å². The number of fused-ring (bicyclic) bond motifs is 1. The monoisotopic (exact) mass is 399 g/mol. The van der Waals surface area contributed by atoms with E-state index in [2.05, 4.69) is 9.55 Å². The molecule has 0 atom stereocenters. The summed E-state index contributed by atoms with van der Waals surface area (Å²) in [5.74, 6) is 0.783. The number of hydrogen-bond donors (Lipinski definition) is 1. The number of rotatable bonds is 7. The lowest BCUT2D eigenvalue weighted by Crippen LogP contribution is -2.35. The summed E-state index contributed by atoms with van der Waals surface area (Å²) in [4.78, 5) is 19.5. The molecule has 5 heteroatoms. The van der Waals surface area contributed by atoms with E-state index in [1.165, 1.54) is 5.56 Å². The maximum atomic E-state index is 13.1. The van der Waals surface area contributed by atoms with E-state index >= 15 is 0 Å². The molecule has 0 radical (unpaired) electrons. The Morgan fingerprint density at radius 1 is 0.967 bits per heavy atom. The number of carbonyl (C=O) groups excluding carboxylic acids is 1. The van der Waals surface area contributed by atoms with Crippen LogP contribution in [-0.4, -0.2) is 45.2 Å². The second kappa shape index (κ2) is 8.93. The maximum Gasteiger partial charge on any atom is 0.254 e. The van der Waals surface area contributed by atoms with Gasteiger partial charge in [-0.1, -0.05) is 48.5 Å². The van der Waals surface area contributed by atoms with Gasteiger partial charge in [-0.05, 0) is 49.2 Å². The minimum atomic E-state index is -0.0891. The highest BCUT2D eigenvalue weighted by Crippen LogP contribution is 2.23. The molecule has 0 aliphatic rings. The summed E-state index contributed by atoms with van der Waals surface area (Å²) >= 11 is 0. The molecular weight excluding hydrogens is 374 g/mol. The Labute approximate surface area is 176 Å². The molecule has 30 heavy (non-hydrogen) atoms. The van der Waals surface area contributed by atoms with Gasteiger partial charge in [-0.3, -0.25) is 9.36 Å². The van der Waals surface area contributed by atoms with Gasteiger partial charge in [-0.25, -0.2) is 4.98 Å². The summed E-state index contributed by atoms with van der Waals surface area (Å²) in [5, 5.41) is 9.46. The van der Waals surface area contributed by atoms with Crippen molar-refractivity contribution < 1.29 is 9.90 Å². The SMILES string of the molecule is Cc1nc2cc(C(=O)N(CCO)CCc3ccccc3)ccc2n1-c1ccccc1. The van der Waals surface area contributed by atoms with Crippen LogP contribution in [0.2, 0.25) is 0 Å². The van der Waals surface area contributed by atoms with Crippen molar-refractivity contribution in [2.75, 3.05) is 19.7 Å². The Morgan fingerprint density at radius 2 is 1.67 bits per heavy atom. The molecule has 5 nitrogen and oxygen atoms in total. The molecule has 0 fully saturated rings. The Hall–Kier alpha value is -3.44. The first-order valence-corrected chi connectivity index (χ1v) is 10.2. The lowest BCUT2D eigenvalue weighted by atomic mass is 10.1. The molecule has 1 heterocycles. The second-order valence-corrected chi connectivity index (χ2v) is 7.28. The van der Waals surface area contributed by atoms with Crippen LogP contribution in [0.3, 0.4) is 0 Å². The van der Waals surface area contributed by atoms with E-state index in [0.29, 0.717) is 18.7 Å². The molecule has 0 unspecified atom stereocenters. The summed E-state index contributed by atoms with van der Waals surface area (Å²) in [6.07, 6.45) is 0.747. The van der Waals surface area contributed by atoms with E-state index in [4.69, 9.17) is 0 Å². The lowest BCUT2D eigenvalue weighted by Gasteiger charge is -2.22. The van der Waals surface area contributed by atoms with Crippen molar-refractivity contribution in [2.45, 2.75) is 13.3 Å². The first kappa shape index (κ1) is 19.9. The minimum Gasteiger partial charge on any atom is -0.395 e. The van der Waals surface area contributed by atoms with Crippen molar-refractivity contribution in [3.8, 4) is 5.69 Å². The first-order valence-electron chi connectivity index (χ1n) is 10.2. The third-order valence-electron chi connectivity index (χ3n) is 5.25. The van der Waals surface area contributed by atoms with Gasteiger partial charge < -0.3 is 10.0 Å². The third-order valence-corrected chi connectivity index (χ3v) is 5.25. The van der Waals surface area contributed by atoms with Gasteiger partial charge >= 0.3 is 0 Å². The van der Waals surface area contributed by atoms with E-state index in [0.717, 1.165) is 29.0 Å². The van der Waals surface area contributed by atoms with Crippen molar-refractivity contribution >= 4 is 16.9 Å². The normalized spacial score (nSPS) is 11.0. The molecule has 0 aliphatic carbocycles. The van der Waals surface area contributed by atoms with Crippen LogP contribution in [-0.2, 0) is 6.42 Å². The maximum absolute atomic E-state index is 13.1. The summed E-state index contributed by atoms with van der Waals surface area (Å²) in [6.45, 7) is 2.76. The van der Waals surface area contributed by atoms with Crippen LogP contribution in [0.1, 0.15) is 21.7 Å². The number of aliphatic hydroxyl groups is 1. The average Bonchev–Trinajstić information content (AvgIpc) is 3.12. The molecule has 0 aliphatic heterocycles. The lowest BCUT2D eigenvalue weighted by molar-refractivity contribution is 0.0724. The van der Waals surface area contributed by atoms with Gasteiger partial charge in [-0.15, -0.1) is 0 Å². The molecule has 0 saturated heterocycles.